The van der Waals surface area contributed by atoms with Crippen LogP contribution in [0.2, 0.25) is 0 Å². The van der Waals surface area contributed by atoms with Crippen LogP contribution in [0.5, 0.6) is 0 Å². The predicted octanol–water partition coefficient (Wildman–Crippen LogP) is 4.76. The van der Waals surface area contributed by atoms with Crippen LogP contribution in [0.4, 0.5) is 0 Å². The quantitative estimate of drug-likeness (QED) is 0.858. The van der Waals surface area contributed by atoms with Crippen LogP contribution in [-0.4, -0.2) is 0 Å². The molecule has 0 heterocycles. The smallest absolute Gasteiger partial charge is 0.0364 e. The first-order chi connectivity index (χ1) is 10.3. The highest BCUT2D eigenvalue weighted by Crippen LogP contribution is 2.39. The maximum atomic E-state index is 6.65. The Morgan fingerprint density at radius 3 is 2.86 bits per heavy atom. The van der Waals surface area contributed by atoms with Crippen LogP contribution in [0, 0.1) is 0 Å². The summed E-state index contributed by atoms with van der Waals surface area (Å²) in [5.41, 5.74) is 12.3. The minimum atomic E-state index is 0.114. The fourth-order valence-electron chi connectivity index (χ4n) is 3.64. The van der Waals surface area contributed by atoms with Gasteiger partial charge in [-0.15, -0.1) is 0 Å². The lowest BCUT2D eigenvalue weighted by atomic mass is 9.77. The molecule has 0 aromatic heterocycles. The molecule has 0 bridgehead atoms. The molecule has 2 aromatic carbocycles. The van der Waals surface area contributed by atoms with E-state index in [1.165, 1.54) is 47.9 Å². The largest absolute Gasteiger partial charge is 0.323 e. The monoisotopic (exact) mass is 279 g/mol. The Bertz CT molecular complexity index is 602. The molecule has 0 spiro atoms. The van der Waals surface area contributed by atoms with Gasteiger partial charge in [0.15, 0.2) is 0 Å². The second-order valence-electron chi connectivity index (χ2n) is 6.22. The first kappa shape index (κ1) is 14.3. The fourth-order valence-corrected chi connectivity index (χ4v) is 3.64. The zero-order chi connectivity index (χ0) is 14.7. The average molecular weight is 279 g/mol. The molecule has 1 aliphatic rings. The van der Waals surface area contributed by atoms with Gasteiger partial charge in [0.1, 0.15) is 0 Å². The normalized spacial score (nSPS) is 19.0. The van der Waals surface area contributed by atoms with Crippen molar-refractivity contribution in [3.63, 3.8) is 0 Å². The lowest BCUT2D eigenvalue weighted by molar-refractivity contribution is 0.474. The molecule has 2 unspecified atom stereocenters. The van der Waals surface area contributed by atoms with Crippen molar-refractivity contribution in [2.24, 2.45) is 5.73 Å². The molecule has 1 nitrogen and oxygen atoms in total. The van der Waals surface area contributed by atoms with Crippen LogP contribution >= 0.6 is 0 Å². The van der Waals surface area contributed by atoms with Crippen molar-refractivity contribution in [2.45, 2.75) is 51.0 Å². The minimum Gasteiger partial charge on any atom is -0.323 e. The van der Waals surface area contributed by atoms with E-state index in [9.17, 15) is 0 Å². The molecule has 0 amide bonds. The summed E-state index contributed by atoms with van der Waals surface area (Å²) in [5, 5.41) is 0. The van der Waals surface area contributed by atoms with E-state index in [1.54, 1.807) is 0 Å². The van der Waals surface area contributed by atoms with Crippen molar-refractivity contribution < 1.29 is 0 Å². The van der Waals surface area contributed by atoms with Crippen LogP contribution in [0.25, 0.3) is 0 Å². The highest BCUT2D eigenvalue weighted by molar-refractivity contribution is 5.37. The van der Waals surface area contributed by atoms with Gasteiger partial charge in [0.05, 0.1) is 0 Å². The van der Waals surface area contributed by atoms with E-state index >= 15 is 0 Å². The van der Waals surface area contributed by atoms with Crippen LogP contribution in [0.1, 0.15) is 60.4 Å². The summed E-state index contributed by atoms with van der Waals surface area (Å²) in [4.78, 5) is 0. The summed E-state index contributed by atoms with van der Waals surface area (Å²) in [6, 6.07) is 17.8. The molecular formula is C20H25N. The molecule has 21 heavy (non-hydrogen) atoms. The second-order valence-corrected chi connectivity index (χ2v) is 6.22. The molecule has 3 rings (SSSR count). The third-order valence-corrected chi connectivity index (χ3v) is 4.72. The molecular weight excluding hydrogens is 254 g/mol. The van der Waals surface area contributed by atoms with Crippen molar-refractivity contribution >= 4 is 0 Å². The lowest BCUT2D eigenvalue weighted by Gasteiger charge is -2.30. The maximum absolute atomic E-state index is 6.65. The fraction of sp³-hybridized carbons (Fsp3) is 0.400. The summed E-state index contributed by atoms with van der Waals surface area (Å²) in [5.74, 6) is 0.465. The van der Waals surface area contributed by atoms with Gasteiger partial charge in [-0.05, 0) is 47.9 Å². The van der Waals surface area contributed by atoms with Gasteiger partial charge in [-0.3, -0.25) is 0 Å². The van der Waals surface area contributed by atoms with Gasteiger partial charge in [0.2, 0.25) is 0 Å². The van der Waals surface area contributed by atoms with Gasteiger partial charge in [-0.2, -0.15) is 0 Å². The van der Waals surface area contributed by atoms with Crippen LogP contribution in [0.15, 0.2) is 48.5 Å². The number of rotatable bonds is 4. The van der Waals surface area contributed by atoms with E-state index in [-0.39, 0.29) is 6.04 Å². The molecule has 0 radical (unpaired) electrons. The summed E-state index contributed by atoms with van der Waals surface area (Å²) >= 11 is 0. The van der Waals surface area contributed by atoms with Gasteiger partial charge in [-0.1, -0.05) is 61.9 Å². The predicted molar refractivity (Wildman–Crippen MR) is 89.5 cm³/mol. The Balaban J connectivity index is 1.89. The molecule has 1 aliphatic carbocycles. The zero-order valence-electron chi connectivity index (χ0n) is 12.9. The van der Waals surface area contributed by atoms with Gasteiger partial charge >= 0.3 is 0 Å². The van der Waals surface area contributed by atoms with Crippen molar-refractivity contribution in [1.29, 1.82) is 0 Å². The average Bonchev–Trinajstić information content (AvgIpc) is 2.54. The number of nitrogens with two attached hydrogens (primary N) is 1. The Hall–Kier alpha value is -1.60. The van der Waals surface area contributed by atoms with Crippen LogP contribution in [0.3, 0.4) is 0 Å². The van der Waals surface area contributed by atoms with Gasteiger partial charge in [-0.25, -0.2) is 0 Å². The van der Waals surface area contributed by atoms with Crippen molar-refractivity contribution in [2.75, 3.05) is 0 Å². The molecule has 0 saturated carbocycles. The number of fused-ring (bicyclic) bond motifs is 1. The number of hydrogen-bond donors (Lipinski definition) is 1. The van der Waals surface area contributed by atoms with E-state index < -0.39 is 0 Å². The molecule has 2 aromatic rings. The summed E-state index contributed by atoms with van der Waals surface area (Å²) in [7, 11) is 0. The third kappa shape index (κ3) is 3.03. The Kier molecular flexibility index (Phi) is 4.40. The minimum absolute atomic E-state index is 0.114. The van der Waals surface area contributed by atoms with E-state index in [0.717, 1.165) is 6.42 Å². The Morgan fingerprint density at radius 2 is 2.00 bits per heavy atom. The molecule has 0 fully saturated rings. The number of hydrogen-bond acceptors (Lipinski definition) is 1. The maximum Gasteiger partial charge on any atom is 0.0364 e. The number of benzene rings is 2. The van der Waals surface area contributed by atoms with Crippen LogP contribution in [-0.2, 0) is 12.8 Å². The third-order valence-electron chi connectivity index (χ3n) is 4.72. The first-order valence-electron chi connectivity index (χ1n) is 8.22. The van der Waals surface area contributed by atoms with Crippen LogP contribution < -0.4 is 5.73 Å². The van der Waals surface area contributed by atoms with Crippen molar-refractivity contribution in [3.8, 4) is 0 Å². The number of aryl methyl sites for hydroxylation is 2. The van der Waals surface area contributed by atoms with E-state index in [0.29, 0.717) is 5.92 Å². The standard InChI is InChI=1S/C20H25N/c1-2-7-15-8-5-11-17(14-15)20(21)19-13-6-10-16-9-3-4-12-18(16)19/h3-5,8-9,11-12,14,19-20H,2,6-7,10,13,21H2,1H3. The summed E-state index contributed by atoms with van der Waals surface area (Å²) in [6.45, 7) is 2.23. The van der Waals surface area contributed by atoms with Gasteiger partial charge < -0.3 is 5.73 Å². The van der Waals surface area contributed by atoms with Crippen molar-refractivity contribution in [3.05, 3.63) is 70.8 Å². The van der Waals surface area contributed by atoms with Gasteiger partial charge in [0, 0.05) is 12.0 Å². The molecule has 2 atom stereocenters. The zero-order valence-corrected chi connectivity index (χ0v) is 12.9. The SMILES string of the molecule is CCCc1cccc(C(N)C2CCCc3ccccc32)c1. The van der Waals surface area contributed by atoms with Gasteiger partial charge in [0.25, 0.3) is 0 Å². The van der Waals surface area contributed by atoms with E-state index in [2.05, 4.69) is 55.5 Å². The molecule has 110 valence electrons. The Morgan fingerprint density at radius 1 is 1.14 bits per heavy atom. The highest BCUT2D eigenvalue weighted by atomic mass is 14.7. The molecule has 0 aliphatic heterocycles. The molecule has 2 N–H and O–H groups in total. The molecule has 1 heteroatoms. The second kappa shape index (κ2) is 6.44. The van der Waals surface area contributed by atoms with E-state index in [1.807, 2.05) is 0 Å². The highest BCUT2D eigenvalue weighted by Gasteiger charge is 2.26. The topological polar surface area (TPSA) is 26.0 Å². The lowest BCUT2D eigenvalue weighted by Crippen LogP contribution is -2.23. The first-order valence-corrected chi connectivity index (χ1v) is 8.22. The Labute approximate surface area is 128 Å². The summed E-state index contributed by atoms with van der Waals surface area (Å²) in [6.07, 6.45) is 5.99. The van der Waals surface area contributed by atoms with Crippen molar-refractivity contribution in [1.82, 2.24) is 0 Å². The van der Waals surface area contributed by atoms with E-state index in [4.69, 9.17) is 5.73 Å². The molecule has 0 saturated heterocycles. The summed E-state index contributed by atoms with van der Waals surface area (Å²) < 4.78 is 0.